The van der Waals surface area contributed by atoms with Crippen LogP contribution in [0, 0.1) is 5.92 Å². The molecule has 0 aliphatic carbocycles. The molecule has 0 aliphatic heterocycles. The summed E-state index contributed by atoms with van der Waals surface area (Å²) in [5.41, 5.74) is 0. The van der Waals surface area contributed by atoms with Gasteiger partial charge < -0.3 is 4.74 Å². The summed E-state index contributed by atoms with van der Waals surface area (Å²) in [6.45, 7) is 6.41. The normalized spacial score (nSPS) is 11.2. The topological polar surface area (TPSA) is 9.23 Å². The second kappa shape index (κ2) is 13.5. The Hall–Kier alpha value is 0.440. The molecular weight excluding hydrogens is 264 g/mol. The van der Waals surface area contributed by atoms with Crippen LogP contribution in [0.15, 0.2) is 0 Å². The largest absolute Gasteiger partial charge is 0.381 e. The van der Waals surface area contributed by atoms with Gasteiger partial charge in [-0.15, -0.1) is 0 Å². The van der Waals surface area contributed by atoms with E-state index < -0.39 is 0 Å². The number of hydrogen-bond acceptors (Lipinski definition) is 1. The van der Waals surface area contributed by atoms with Crippen LogP contribution in [0.5, 0.6) is 0 Å². The smallest absolute Gasteiger partial charge is 0.0468 e. The van der Waals surface area contributed by atoms with Gasteiger partial charge in [0.15, 0.2) is 0 Å². The van der Waals surface area contributed by atoms with Crippen molar-refractivity contribution in [1.82, 2.24) is 0 Å². The van der Waals surface area contributed by atoms with Crippen LogP contribution in [0.3, 0.4) is 0 Å². The zero-order chi connectivity index (χ0) is 12.1. The molecule has 1 nitrogen and oxygen atoms in total. The summed E-state index contributed by atoms with van der Waals surface area (Å²) in [4.78, 5) is 0. The predicted molar refractivity (Wildman–Crippen MR) is 76.4 cm³/mol. The van der Waals surface area contributed by atoms with Crippen LogP contribution in [0.4, 0.5) is 0 Å². The number of ether oxygens (including phenoxy) is 1. The zero-order valence-corrected chi connectivity index (χ0v) is 12.7. The lowest BCUT2D eigenvalue weighted by molar-refractivity contribution is 0.119. The molecular formula is C14H29BrO. The number of unbranched alkanes of at least 4 members (excludes halogenated alkanes) is 6. The van der Waals surface area contributed by atoms with Crippen molar-refractivity contribution in [2.24, 2.45) is 5.92 Å². The summed E-state index contributed by atoms with van der Waals surface area (Å²) >= 11 is 3.46. The Morgan fingerprint density at radius 3 is 1.94 bits per heavy atom. The SMILES string of the molecule is CC(C)CCOCCCCCCCCCBr. The van der Waals surface area contributed by atoms with Crippen LogP contribution in [0.1, 0.15) is 65.2 Å². The van der Waals surface area contributed by atoms with Crippen molar-refractivity contribution in [3.05, 3.63) is 0 Å². The van der Waals surface area contributed by atoms with Gasteiger partial charge in [0.25, 0.3) is 0 Å². The third kappa shape index (κ3) is 14.4. The summed E-state index contributed by atoms with van der Waals surface area (Å²) in [6, 6.07) is 0. The van der Waals surface area contributed by atoms with Crippen molar-refractivity contribution in [2.45, 2.75) is 65.2 Å². The molecule has 0 aromatic carbocycles. The van der Waals surface area contributed by atoms with Crippen LogP contribution < -0.4 is 0 Å². The van der Waals surface area contributed by atoms with E-state index in [4.69, 9.17) is 4.74 Å². The molecule has 0 aromatic heterocycles. The third-order valence-corrected chi connectivity index (χ3v) is 3.32. The first-order valence-corrected chi connectivity index (χ1v) is 8.03. The van der Waals surface area contributed by atoms with E-state index in [1.165, 1.54) is 51.4 Å². The summed E-state index contributed by atoms with van der Waals surface area (Å²) in [6.07, 6.45) is 10.7. The van der Waals surface area contributed by atoms with E-state index in [2.05, 4.69) is 29.8 Å². The van der Waals surface area contributed by atoms with Crippen LogP contribution in [0.2, 0.25) is 0 Å². The molecule has 0 saturated heterocycles. The van der Waals surface area contributed by atoms with E-state index in [0.717, 1.165) is 24.5 Å². The summed E-state index contributed by atoms with van der Waals surface area (Å²) in [5, 5.41) is 1.16. The third-order valence-electron chi connectivity index (χ3n) is 2.76. The van der Waals surface area contributed by atoms with Gasteiger partial charge in [-0.2, -0.15) is 0 Å². The molecule has 2 heteroatoms. The first-order valence-electron chi connectivity index (χ1n) is 6.91. The average Bonchev–Trinajstić information content (AvgIpc) is 2.25. The van der Waals surface area contributed by atoms with Crippen molar-refractivity contribution in [1.29, 1.82) is 0 Å². The molecule has 0 fully saturated rings. The van der Waals surface area contributed by atoms with Gasteiger partial charge in [0.05, 0.1) is 0 Å². The van der Waals surface area contributed by atoms with Crippen LogP contribution >= 0.6 is 15.9 Å². The Morgan fingerprint density at radius 2 is 1.38 bits per heavy atom. The fourth-order valence-electron chi connectivity index (χ4n) is 1.60. The van der Waals surface area contributed by atoms with Crippen molar-refractivity contribution < 1.29 is 4.74 Å². The highest BCUT2D eigenvalue weighted by Gasteiger charge is 1.94. The monoisotopic (exact) mass is 292 g/mol. The predicted octanol–water partition coefficient (Wildman–Crippen LogP) is 5.17. The van der Waals surface area contributed by atoms with Gasteiger partial charge in [-0.3, -0.25) is 0 Å². The molecule has 0 radical (unpaired) electrons. The molecule has 0 rings (SSSR count). The Morgan fingerprint density at radius 1 is 0.812 bits per heavy atom. The van der Waals surface area contributed by atoms with Crippen molar-refractivity contribution in [3.8, 4) is 0 Å². The standard InChI is InChI=1S/C14H29BrO/c1-14(2)10-13-16-12-9-7-5-3-4-6-8-11-15/h14H,3-13H2,1-2H3. The van der Waals surface area contributed by atoms with E-state index in [1.54, 1.807) is 0 Å². The Balaban J connectivity index is 2.88. The van der Waals surface area contributed by atoms with Crippen LogP contribution in [0.25, 0.3) is 0 Å². The molecule has 0 heterocycles. The number of alkyl halides is 1. The van der Waals surface area contributed by atoms with E-state index in [0.29, 0.717) is 0 Å². The molecule has 98 valence electrons. The minimum atomic E-state index is 0.773. The summed E-state index contributed by atoms with van der Waals surface area (Å²) in [7, 11) is 0. The second-order valence-electron chi connectivity index (χ2n) is 4.96. The summed E-state index contributed by atoms with van der Waals surface area (Å²) < 4.78 is 5.58. The van der Waals surface area contributed by atoms with Gasteiger partial charge in [-0.05, 0) is 25.2 Å². The van der Waals surface area contributed by atoms with Gasteiger partial charge in [0, 0.05) is 18.5 Å². The number of rotatable bonds is 12. The van der Waals surface area contributed by atoms with E-state index >= 15 is 0 Å². The molecule has 0 amide bonds. The fourth-order valence-corrected chi connectivity index (χ4v) is 2.00. The van der Waals surface area contributed by atoms with Gasteiger partial charge in [-0.25, -0.2) is 0 Å². The highest BCUT2D eigenvalue weighted by atomic mass is 79.9. The van der Waals surface area contributed by atoms with Crippen LogP contribution in [-0.2, 0) is 4.74 Å². The van der Waals surface area contributed by atoms with Gasteiger partial charge >= 0.3 is 0 Å². The summed E-state index contributed by atoms with van der Waals surface area (Å²) in [5.74, 6) is 0.773. The maximum absolute atomic E-state index is 5.58. The van der Waals surface area contributed by atoms with Crippen molar-refractivity contribution in [3.63, 3.8) is 0 Å². The maximum Gasteiger partial charge on any atom is 0.0468 e. The molecule has 0 bridgehead atoms. The molecule has 16 heavy (non-hydrogen) atoms. The highest BCUT2D eigenvalue weighted by Crippen LogP contribution is 2.08. The molecule has 0 saturated carbocycles. The Kier molecular flexibility index (Phi) is 13.9. The minimum absolute atomic E-state index is 0.773. The van der Waals surface area contributed by atoms with E-state index in [9.17, 15) is 0 Å². The lowest BCUT2D eigenvalue weighted by Gasteiger charge is -2.06. The minimum Gasteiger partial charge on any atom is -0.381 e. The quantitative estimate of drug-likeness (QED) is 0.356. The van der Waals surface area contributed by atoms with Crippen molar-refractivity contribution in [2.75, 3.05) is 18.5 Å². The maximum atomic E-state index is 5.58. The van der Waals surface area contributed by atoms with E-state index in [1.807, 2.05) is 0 Å². The van der Waals surface area contributed by atoms with E-state index in [-0.39, 0.29) is 0 Å². The molecule has 0 aromatic rings. The van der Waals surface area contributed by atoms with Crippen LogP contribution in [-0.4, -0.2) is 18.5 Å². The average molecular weight is 293 g/mol. The van der Waals surface area contributed by atoms with Crippen molar-refractivity contribution >= 4 is 15.9 Å². The first kappa shape index (κ1) is 16.4. The van der Waals surface area contributed by atoms with Gasteiger partial charge in [-0.1, -0.05) is 61.9 Å². The number of hydrogen-bond donors (Lipinski definition) is 0. The zero-order valence-electron chi connectivity index (χ0n) is 11.1. The fraction of sp³-hybridized carbons (Fsp3) is 1.00. The number of halogens is 1. The van der Waals surface area contributed by atoms with Gasteiger partial charge in [0.2, 0.25) is 0 Å². The second-order valence-corrected chi connectivity index (χ2v) is 5.75. The molecule has 0 atom stereocenters. The highest BCUT2D eigenvalue weighted by molar-refractivity contribution is 9.09. The molecule has 0 unspecified atom stereocenters. The Bertz CT molecular complexity index is 126. The molecule has 0 N–H and O–H groups in total. The first-order chi connectivity index (χ1) is 7.77. The lowest BCUT2D eigenvalue weighted by Crippen LogP contribution is -2.00. The molecule has 0 spiro atoms. The lowest BCUT2D eigenvalue weighted by atomic mass is 10.1. The molecule has 0 aliphatic rings. The van der Waals surface area contributed by atoms with Gasteiger partial charge in [0.1, 0.15) is 0 Å². The Labute approximate surface area is 110 Å².